The smallest absolute Gasteiger partial charge is 0.455 e. The van der Waals surface area contributed by atoms with Gasteiger partial charge in [0, 0.05) is 17.8 Å². The molecule has 3 saturated carbocycles. The summed E-state index contributed by atoms with van der Waals surface area (Å²) in [6, 6.07) is 0. The lowest BCUT2D eigenvalue weighted by Gasteiger charge is -2.62. The van der Waals surface area contributed by atoms with Gasteiger partial charge in [-0.1, -0.05) is 19.4 Å². The largest absolute Gasteiger partial charge is 0.490 e. The molecule has 5 fully saturated rings. The Labute approximate surface area is 201 Å². The van der Waals surface area contributed by atoms with Crippen molar-refractivity contribution in [3.63, 3.8) is 0 Å². The van der Waals surface area contributed by atoms with Crippen LogP contribution in [0.3, 0.4) is 0 Å². The third kappa shape index (κ3) is 3.06. The molecule has 6 aliphatic rings. The van der Waals surface area contributed by atoms with Crippen LogP contribution in [0.1, 0.15) is 58.8 Å². The first-order valence-corrected chi connectivity index (χ1v) is 12.5. The number of allylic oxidation sites excluding steroid dienone is 1. The lowest BCUT2D eigenvalue weighted by molar-refractivity contribution is -0.263. The third-order valence-electron chi connectivity index (χ3n) is 10.4. The Morgan fingerprint density at radius 1 is 1.09 bits per heavy atom. The summed E-state index contributed by atoms with van der Waals surface area (Å²) in [7, 11) is 0. The molecule has 6 rings (SSSR count). The standard InChI is InChI=1S/C25H31F3O7/c1-21-7-5-15(29)9-14(21)3-4-16-17-6-8-23(24(34-13-32-23)11-31-12-33-24)22(17,2)10-18(19(16)21)35-20(30)25(26,27)28/h9,16-19H,3-8,10-13H2,1-2H3/t16-,17+,18+,19+,21+,22+,23-,24+/m1/s1. The highest BCUT2D eigenvalue weighted by molar-refractivity contribution is 5.91. The maximum absolute atomic E-state index is 13.4. The van der Waals surface area contributed by atoms with Crippen molar-refractivity contribution in [3.8, 4) is 0 Å². The third-order valence-corrected chi connectivity index (χ3v) is 10.4. The van der Waals surface area contributed by atoms with Gasteiger partial charge < -0.3 is 23.7 Å². The van der Waals surface area contributed by atoms with Gasteiger partial charge in [-0.2, -0.15) is 13.2 Å². The van der Waals surface area contributed by atoms with Gasteiger partial charge in [-0.05, 0) is 61.9 Å². The predicted molar refractivity (Wildman–Crippen MR) is 112 cm³/mol. The number of fused-ring (bicyclic) bond motifs is 7. The Morgan fingerprint density at radius 2 is 1.86 bits per heavy atom. The molecular weight excluding hydrogens is 469 g/mol. The summed E-state index contributed by atoms with van der Waals surface area (Å²) in [6.07, 6.45) is -0.423. The molecule has 0 aromatic rings. The van der Waals surface area contributed by atoms with Crippen molar-refractivity contribution in [3.05, 3.63) is 11.6 Å². The van der Waals surface area contributed by atoms with Crippen LogP contribution < -0.4 is 0 Å². The molecule has 0 aromatic carbocycles. The second kappa shape index (κ2) is 7.52. The molecule has 2 heterocycles. The van der Waals surface area contributed by atoms with Crippen molar-refractivity contribution in [2.24, 2.45) is 28.6 Å². The molecule has 0 bridgehead atoms. The van der Waals surface area contributed by atoms with Gasteiger partial charge in [0.25, 0.3) is 0 Å². The number of ketones is 1. The Kier molecular flexibility index (Phi) is 5.13. The summed E-state index contributed by atoms with van der Waals surface area (Å²) in [5, 5.41) is 0. The highest BCUT2D eigenvalue weighted by atomic mass is 19.4. The highest BCUT2D eigenvalue weighted by Crippen LogP contribution is 2.72. The maximum Gasteiger partial charge on any atom is 0.490 e. The minimum Gasteiger partial charge on any atom is -0.455 e. The molecule has 7 nitrogen and oxygen atoms in total. The quantitative estimate of drug-likeness (QED) is 0.503. The van der Waals surface area contributed by atoms with Gasteiger partial charge in [0.05, 0.1) is 0 Å². The van der Waals surface area contributed by atoms with E-state index in [1.807, 2.05) is 13.8 Å². The summed E-state index contributed by atoms with van der Waals surface area (Å²) >= 11 is 0. The fourth-order valence-corrected chi connectivity index (χ4v) is 8.94. The van der Waals surface area contributed by atoms with E-state index in [1.54, 1.807) is 6.08 Å². The maximum atomic E-state index is 13.4. The zero-order valence-corrected chi connectivity index (χ0v) is 19.9. The predicted octanol–water partition coefficient (Wildman–Crippen LogP) is 4.05. The molecule has 0 aromatic heterocycles. The van der Waals surface area contributed by atoms with Gasteiger partial charge in [-0.15, -0.1) is 0 Å². The lowest BCUT2D eigenvalue weighted by atomic mass is 9.45. The summed E-state index contributed by atoms with van der Waals surface area (Å²) < 4.78 is 69.3. The van der Waals surface area contributed by atoms with E-state index in [2.05, 4.69) is 0 Å². The summed E-state index contributed by atoms with van der Waals surface area (Å²) in [6.45, 7) is 4.33. The van der Waals surface area contributed by atoms with Crippen LogP contribution in [0.25, 0.3) is 0 Å². The number of rotatable bonds is 1. The number of ether oxygens (including phenoxy) is 5. The fraction of sp³-hybridized carbons (Fsp3) is 0.840. The van der Waals surface area contributed by atoms with E-state index in [9.17, 15) is 22.8 Å². The minimum atomic E-state index is -5.09. The molecular formula is C25H31F3O7. The molecule has 4 aliphatic carbocycles. The van der Waals surface area contributed by atoms with Crippen LogP contribution in [0.5, 0.6) is 0 Å². The summed E-state index contributed by atoms with van der Waals surface area (Å²) in [5.41, 5.74) is -1.09. The Balaban J connectivity index is 1.44. The van der Waals surface area contributed by atoms with Crippen LogP contribution >= 0.6 is 0 Å². The number of alkyl halides is 3. The van der Waals surface area contributed by atoms with Gasteiger partial charge in [0.2, 0.25) is 5.79 Å². The fourth-order valence-electron chi connectivity index (χ4n) is 8.94. The Morgan fingerprint density at radius 3 is 2.57 bits per heavy atom. The highest BCUT2D eigenvalue weighted by Gasteiger charge is 2.77. The van der Waals surface area contributed by atoms with Crippen molar-refractivity contribution in [2.45, 2.75) is 82.5 Å². The number of carbonyl (C=O) groups excluding carboxylic acids is 2. The molecule has 0 N–H and O–H groups in total. The van der Waals surface area contributed by atoms with Crippen LogP contribution in [-0.4, -0.2) is 55.6 Å². The molecule has 0 radical (unpaired) electrons. The number of hydrogen-bond acceptors (Lipinski definition) is 7. The van der Waals surface area contributed by atoms with Gasteiger partial charge in [-0.25, -0.2) is 4.79 Å². The van der Waals surface area contributed by atoms with Gasteiger partial charge in [0.15, 0.2) is 19.4 Å². The average molecular weight is 501 g/mol. The van der Waals surface area contributed by atoms with Crippen LogP contribution in [-0.2, 0) is 33.3 Å². The lowest BCUT2D eigenvalue weighted by Crippen LogP contribution is -2.66. The topological polar surface area (TPSA) is 80.3 Å². The van der Waals surface area contributed by atoms with E-state index >= 15 is 0 Å². The number of hydrogen-bond donors (Lipinski definition) is 0. The molecule has 2 spiro atoms. The van der Waals surface area contributed by atoms with Crippen LogP contribution in [0.4, 0.5) is 13.2 Å². The van der Waals surface area contributed by atoms with Crippen LogP contribution in [0.2, 0.25) is 0 Å². The van der Waals surface area contributed by atoms with Crippen molar-refractivity contribution in [2.75, 3.05) is 20.2 Å². The van der Waals surface area contributed by atoms with Crippen LogP contribution in [0.15, 0.2) is 11.6 Å². The van der Waals surface area contributed by atoms with E-state index in [4.69, 9.17) is 23.7 Å². The van der Waals surface area contributed by atoms with E-state index in [-0.39, 0.29) is 50.2 Å². The average Bonchev–Trinajstić information content (AvgIpc) is 3.48. The molecule has 0 unspecified atom stereocenters. The summed E-state index contributed by atoms with van der Waals surface area (Å²) in [5.74, 6) is -3.42. The molecule has 35 heavy (non-hydrogen) atoms. The Hall–Kier alpha value is -1.49. The molecule has 10 heteroatoms. The first kappa shape index (κ1) is 23.9. The van der Waals surface area contributed by atoms with Crippen molar-refractivity contribution >= 4 is 11.8 Å². The Bertz CT molecular complexity index is 967. The van der Waals surface area contributed by atoms with Crippen LogP contribution in [0, 0.1) is 28.6 Å². The first-order chi connectivity index (χ1) is 16.5. The minimum absolute atomic E-state index is 0.0121. The van der Waals surface area contributed by atoms with E-state index in [1.165, 1.54) is 0 Å². The normalized spacial score (nSPS) is 49.1. The number of esters is 1. The molecule has 2 saturated heterocycles. The van der Waals surface area contributed by atoms with E-state index in [0.29, 0.717) is 25.7 Å². The molecule has 194 valence electrons. The van der Waals surface area contributed by atoms with Gasteiger partial charge in [-0.3, -0.25) is 4.79 Å². The zero-order chi connectivity index (χ0) is 24.9. The monoisotopic (exact) mass is 500 g/mol. The SMILES string of the molecule is C[C@]12CCC(=O)C=C1CC[C@H]1[C@H]2[C@@H](OC(=O)C(F)(F)F)C[C@@]2(C)[C@H]1CC[C@@]21OCO[C@@]12COCO2. The number of halogens is 3. The molecule has 8 atom stereocenters. The summed E-state index contributed by atoms with van der Waals surface area (Å²) in [4.78, 5) is 24.4. The van der Waals surface area contributed by atoms with Crippen molar-refractivity contribution in [1.29, 1.82) is 0 Å². The van der Waals surface area contributed by atoms with Gasteiger partial charge in [0.1, 0.15) is 18.3 Å². The van der Waals surface area contributed by atoms with E-state index < -0.39 is 40.5 Å². The second-order valence-corrected chi connectivity index (χ2v) is 11.6. The molecule has 2 aliphatic heterocycles. The van der Waals surface area contributed by atoms with Crippen molar-refractivity contribution < 1.29 is 46.4 Å². The first-order valence-electron chi connectivity index (χ1n) is 12.5. The second-order valence-electron chi connectivity index (χ2n) is 11.6. The molecule has 0 amide bonds. The van der Waals surface area contributed by atoms with Crippen molar-refractivity contribution in [1.82, 2.24) is 0 Å². The van der Waals surface area contributed by atoms with E-state index in [0.717, 1.165) is 18.4 Å². The zero-order valence-electron chi connectivity index (χ0n) is 19.9. The van der Waals surface area contributed by atoms with Gasteiger partial charge >= 0.3 is 12.1 Å². The number of carbonyl (C=O) groups is 2.